The molecule has 1 aliphatic heterocycles. The first-order valence-electron chi connectivity index (χ1n) is 11.9. The van der Waals surface area contributed by atoms with Gasteiger partial charge in [-0.05, 0) is 61.2 Å². The van der Waals surface area contributed by atoms with E-state index in [1.165, 1.54) is 0 Å². The molecule has 5 nitrogen and oxygen atoms in total. The summed E-state index contributed by atoms with van der Waals surface area (Å²) >= 11 is 0. The topological polar surface area (TPSA) is 66.6 Å². The largest absolute Gasteiger partial charge is 0.369 e. The second kappa shape index (κ2) is 9.72. The zero-order chi connectivity index (χ0) is 24.4. The molecule has 1 heterocycles. The van der Waals surface area contributed by atoms with Gasteiger partial charge in [0.2, 0.25) is 11.8 Å². The zero-order valence-electron chi connectivity index (χ0n) is 20.3. The maximum absolute atomic E-state index is 13.2. The number of carbonyl (C=O) groups excluding carboxylic acids is 2. The maximum atomic E-state index is 13.2. The van der Waals surface area contributed by atoms with Gasteiger partial charge in [-0.1, -0.05) is 62.4 Å². The van der Waals surface area contributed by atoms with Crippen LogP contribution in [-0.2, 0) is 9.59 Å². The highest BCUT2D eigenvalue weighted by Gasteiger charge is 2.45. The smallest absolute Gasteiger partial charge is 0.228 e. The number of hydrogen-bond donors (Lipinski definition) is 1. The Kier molecular flexibility index (Phi) is 6.73. The Morgan fingerprint density at radius 1 is 0.882 bits per heavy atom. The lowest BCUT2D eigenvalue weighted by atomic mass is 9.91. The van der Waals surface area contributed by atoms with Gasteiger partial charge >= 0.3 is 0 Å². The van der Waals surface area contributed by atoms with Crippen LogP contribution in [0.3, 0.4) is 0 Å². The minimum Gasteiger partial charge on any atom is -0.369 e. The van der Waals surface area contributed by atoms with E-state index in [1.807, 2.05) is 54.6 Å². The molecule has 1 saturated heterocycles. The number of amides is 2. The van der Waals surface area contributed by atoms with Crippen LogP contribution >= 0.6 is 0 Å². The molecule has 0 saturated carbocycles. The Morgan fingerprint density at radius 3 is 2.06 bits per heavy atom. The van der Waals surface area contributed by atoms with Crippen LogP contribution in [-0.4, -0.2) is 17.9 Å². The summed E-state index contributed by atoms with van der Waals surface area (Å²) < 4.78 is 0. The molecule has 2 atom stereocenters. The minimum absolute atomic E-state index is 0.0703. The van der Waals surface area contributed by atoms with Crippen molar-refractivity contribution < 1.29 is 9.59 Å². The Morgan fingerprint density at radius 2 is 1.47 bits per heavy atom. The Labute approximate surface area is 202 Å². The molecular weight excluding hydrogens is 422 g/mol. The van der Waals surface area contributed by atoms with E-state index < -0.39 is 17.9 Å². The number of nitrogens with zero attached hydrogens (tertiary/aromatic N) is 2. The lowest BCUT2D eigenvalue weighted by Gasteiger charge is -2.32. The fraction of sp³-hybridized carbons (Fsp3) is 0.310. The first-order valence-corrected chi connectivity index (χ1v) is 11.9. The molecule has 3 aromatic rings. The monoisotopic (exact) mass is 455 g/mol. The van der Waals surface area contributed by atoms with Crippen LogP contribution in [0, 0.1) is 5.92 Å². The standard InChI is InChI=1S/C29H33N3O2/c1-19(2)24-12-8-9-13-26(24)32-27(33)18-25(29(30)34)28(32)21-14-16-23(17-15-21)31(20(3)4)22-10-6-5-7-11-22/h5-17,19-20,25,28H,18H2,1-4H3,(H2,30,34). The quantitative estimate of drug-likeness (QED) is 0.480. The van der Waals surface area contributed by atoms with E-state index >= 15 is 0 Å². The second-order valence-electron chi connectivity index (χ2n) is 9.53. The second-order valence-corrected chi connectivity index (χ2v) is 9.53. The molecule has 1 aliphatic rings. The maximum Gasteiger partial charge on any atom is 0.228 e. The summed E-state index contributed by atoms with van der Waals surface area (Å²) in [6, 6.07) is 26.2. The minimum atomic E-state index is -0.575. The van der Waals surface area contributed by atoms with Gasteiger partial charge in [0.15, 0.2) is 0 Å². The molecular formula is C29H33N3O2. The van der Waals surface area contributed by atoms with Crippen molar-refractivity contribution in [3.05, 3.63) is 90.0 Å². The van der Waals surface area contributed by atoms with Crippen molar-refractivity contribution in [3.8, 4) is 0 Å². The van der Waals surface area contributed by atoms with E-state index in [0.29, 0.717) is 0 Å². The van der Waals surface area contributed by atoms with Crippen LogP contribution in [0.2, 0.25) is 0 Å². The highest BCUT2D eigenvalue weighted by atomic mass is 16.2. The molecule has 2 unspecified atom stereocenters. The molecule has 0 bridgehead atoms. The van der Waals surface area contributed by atoms with Gasteiger partial charge in [-0.25, -0.2) is 0 Å². The third-order valence-corrected chi connectivity index (χ3v) is 6.57. The van der Waals surface area contributed by atoms with Gasteiger partial charge in [0.05, 0.1) is 12.0 Å². The summed E-state index contributed by atoms with van der Waals surface area (Å²) in [5, 5.41) is 0. The van der Waals surface area contributed by atoms with Crippen molar-refractivity contribution >= 4 is 28.9 Å². The third-order valence-electron chi connectivity index (χ3n) is 6.57. The molecule has 2 N–H and O–H groups in total. The number of hydrogen-bond acceptors (Lipinski definition) is 3. The van der Waals surface area contributed by atoms with Gasteiger partial charge in [-0.2, -0.15) is 0 Å². The Balaban J connectivity index is 1.76. The van der Waals surface area contributed by atoms with E-state index in [-0.39, 0.29) is 24.3 Å². The molecule has 176 valence electrons. The number of para-hydroxylation sites is 2. The molecule has 0 aromatic heterocycles. The average molecular weight is 456 g/mol. The molecule has 3 aromatic carbocycles. The Bertz CT molecular complexity index is 1160. The summed E-state index contributed by atoms with van der Waals surface area (Å²) in [4.78, 5) is 29.7. The number of rotatable bonds is 7. The van der Waals surface area contributed by atoms with Crippen molar-refractivity contribution in [1.82, 2.24) is 0 Å². The number of anilines is 3. The van der Waals surface area contributed by atoms with Crippen molar-refractivity contribution in [1.29, 1.82) is 0 Å². The van der Waals surface area contributed by atoms with Crippen molar-refractivity contribution in [2.45, 2.75) is 52.1 Å². The van der Waals surface area contributed by atoms with Crippen molar-refractivity contribution in [2.24, 2.45) is 11.7 Å². The van der Waals surface area contributed by atoms with E-state index in [4.69, 9.17) is 5.73 Å². The number of primary amides is 1. The summed E-state index contributed by atoms with van der Waals surface area (Å²) in [5.41, 5.74) is 10.8. The third kappa shape index (κ3) is 4.43. The zero-order valence-corrected chi connectivity index (χ0v) is 20.3. The normalized spacial score (nSPS) is 18.1. The molecule has 1 fully saturated rings. The highest BCUT2D eigenvalue weighted by molar-refractivity contribution is 6.02. The van der Waals surface area contributed by atoms with Gasteiger partial charge in [0.25, 0.3) is 0 Å². The molecule has 34 heavy (non-hydrogen) atoms. The number of benzene rings is 3. The fourth-order valence-electron chi connectivity index (χ4n) is 5.02. The molecule has 4 rings (SSSR count). The van der Waals surface area contributed by atoms with Crippen LogP contribution in [0.1, 0.15) is 57.2 Å². The van der Waals surface area contributed by atoms with E-state index in [1.54, 1.807) is 4.90 Å². The van der Waals surface area contributed by atoms with Crippen LogP contribution in [0.15, 0.2) is 78.9 Å². The van der Waals surface area contributed by atoms with E-state index in [9.17, 15) is 9.59 Å². The van der Waals surface area contributed by atoms with Crippen LogP contribution in [0.5, 0.6) is 0 Å². The lowest BCUT2D eigenvalue weighted by molar-refractivity contribution is -0.124. The number of carbonyl (C=O) groups is 2. The summed E-state index contributed by atoms with van der Waals surface area (Å²) in [6.07, 6.45) is 0.121. The summed E-state index contributed by atoms with van der Waals surface area (Å²) in [5.74, 6) is -0.849. The van der Waals surface area contributed by atoms with Gasteiger partial charge in [-0.3, -0.25) is 9.59 Å². The Hall–Kier alpha value is -3.60. The summed E-state index contributed by atoms with van der Waals surface area (Å²) in [6.45, 7) is 8.53. The number of nitrogens with two attached hydrogens (primary N) is 1. The lowest BCUT2D eigenvalue weighted by Crippen LogP contribution is -2.33. The molecule has 2 amide bonds. The molecule has 0 aliphatic carbocycles. The fourth-order valence-corrected chi connectivity index (χ4v) is 5.02. The first kappa shape index (κ1) is 23.6. The predicted molar refractivity (Wildman–Crippen MR) is 138 cm³/mol. The highest BCUT2D eigenvalue weighted by Crippen LogP contribution is 2.44. The van der Waals surface area contributed by atoms with Crippen LogP contribution < -0.4 is 15.5 Å². The van der Waals surface area contributed by atoms with Gasteiger partial charge in [0.1, 0.15) is 0 Å². The first-order chi connectivity index (χ1) is 16.3. The molecule has 0 spiro atoms. The molecule has 5 heteroatoms. The summed E-state index contributed by atoms with van der Waals surface area (Å²) in [7, 11) is 0. The molecule has 0 radical (unpaired) electrons. The van der Waals surface area contributed by atoms with Crippen LogP contribution in [0.4, 0.5) is 17.1 Å². The van der Waals surface area contributed by atoms with Gasteiger partial charge in [0, 0.05) is 29.5 Å². The van der Waals surface area contributed by atoms with E-state index in [2.05, 4.69) is 56.9 Å². The SMILES string of the molecule is CC(C)c1ccccc1N1C(=O)CC(C(N)=O)C1c1ccc(N(c2ccccc2)C(C)C)cc1. The van der Waals surface area contributed by atoms with E-state index in [0.717, 1.165) is 28.2 Å². The van der Waals surface area contributed by atoms with Gasteiger partial charge in [-0.15, -0.1) is 0 Å². The predicted octanol–water partition coefficient (Wildman–Crippen LogP) is 5.94. The van der Waals surface area contributed by atoms with Crippen molar-refractivity contribution in [2.75, 3.05) is 9.80 Å². The van der Waals surface area contributed by atoms with Crippen LogP contribution in [0.25, 0.3) is 0 Å². The van der Waals surface area contributed by atoms with Crippen molar-refractivity contribution in [3.63, 3.8) is 0 Å². The van der Waals surface area contributed by atoms with Gasteiger partial charge < -0.3 is 15.5 Å². The average Bonchev–Trinajstić information content (AvgIpc) is 3.17.